The number of thioether (sulfide) groups is 1. The van der Waals surface area contributed by atoms with Crippen LogP contribution in [0.25, 0.3) is 0 Å². The quantitative estimate of drug-likeness (QED) is 0.210. The Kier molecular flexibility index (Phi) is 7.91. The average molecular weight is 533 g/mol. The minimum atomic E-state index is -0.840. The number of β-lactam (4-membered cyclic amide) rings is 1. The van der Waals surface area contributed by atoms with E-state index in [1.54, 1.807) is 25.7 Å². The molecule has 2 fully saturated rings. The number of carbonyl (C=O) groups is 3. The summed E-state index contributed by atoms with van der Waals surface area (Å²) in [5.41, 5.74) is 0.738. The lowest BCUT2D eigenvalue weighted by Crippen LogP contribution is -2.63. The number of ether oxygens (including phenoxy) is 1. The highest BCUT2D eigenvalue weighted by Gasteiger charge is 2.60. The number of nitrogens with one attached hydrogen (secondary N) is 1. The fourth-order valence-corrected chi connectivity index (χ4v) is 7.08. The molecule has 3 aliphatic rings. The van der Waals surface area contributed by atoms with Crippen LogP contribution >= 0.6 is 11.8 Å². The number of esters is 1. The van der Waals surface area contributed by atoms with E-state index in [0.29, 0.717) is 12.0 Å². The molecule has 0 saturated carbocycles. The summed E-state index contributed by atoms with van der Waals surface area (Å²) in [6.07, 6.45) is 0.307. The predicted molar refractivity (Wildman–Crippen MR) is 136 cm³/mol. The first kappa shape index (κ1) is 27.1. The lowest BCUT2D eigenvalue weighted by Gasteiger charge is -2.46. The van der Waals surface area contributed by atoms with E-state index in [1.165, 1.54) is 29.2 Å². The second kappa shape index (κ2) is 10.8. The van der Waals surface area contributed by atoms with E-state index in [9.17, 15) is 29.6 Å². The van der Waals surface area contributed by atoms with Crippen molar-refractivity contribution < 1.29 is 29.2 Å². The summed E-state index contributed by atoms with van der Waals surface area (Å²) in [4.78, 5) is 52.9. The molecular weight excluding hydrogens is 500 g/mol. The number of nitro benzene ring substituents is 1. The molecule has 11 nitrogen and oxygen atoms in total. The highest BCUT2D eigenvalue weighted by atomic mass is 32.2. The summed E-state index contributed by atoms with van der Waals surface area (Å²) in [6, 6.07) is 5.49. The standard InChI is InChI=1S/C25H32N4O7S/c1-13-21-20(14(2)30)24(32)28(21)22(25(33)36-12-15-5-7-16(8-6-15)29(34)35)23(13)37-18-9-17(27(4)11-18)10-19(31)26-3/h5-8,13-14,17-18,20-21,30H,9-12H2,1-4H3,(H,26,31)/t13-,14?,17?,18?,20+,21+/m1/s1. The zero-order valence-electron chi connectivity index (χ0n) is 21.2. The van der Waals surface area contributed by atoms with Crippen molar-refractivity contribution in [2.24, 2.45) is 11.8 Å². The molecule has 200 valence electrons. The first-order valence-corrected chi connectivity index (χ1v) is 13.1. The number of nitrogens with zero attached hydrogens (tertiary/aromatic N) is 3. The Balaban J connectivity index is 1.53. The van der Waals surface area contributed by atoms with E-state index in [-0.39, 0.29) is 53.1 Å². The Labute approximate surface area is 219 Å². The molecular formula is C25H32N4O7S. The Morgan fingerprint density at radius 2 is 2.00 bits per heavy atom. The lowest BCUT2D eigenvalue weighted by molar-refractivity contribution is -0.384. The first-order valence-electron chi connectivity index (χ1n) is 12.3. The van der Waals surface area contributed by atoms with E-state index in [4.69, 9.17) is 4.74 Å². The van der Waals surface area contributed by atoms with Gasteiger partial charge in [-0.1, -0.05) is 6.92 Å². The molecule has 6 atom stereocenters. The van der Waals surface area contributed by atoms with Crippen LogP contribution in [0.15, 0.2) is 34.9 Å². The Morgan fingerprint density at radius 1 is 1.32 bits per heavy atom. The van der Waals surface area contributed by atoms with E-state index < -0.39 is 22.9 Å². The van der Waals surface area contributed by atoms with Crippen molar-refractivity contribution in [3.8, 4) is 0 Å². The first-order chi connectivity index (χ1) is 17.5. The molecule has 0 radical (unpaired) electrons. The number of aliphatic hydroxyl groups excluding tert-OH is 1. The molecule has 0 aliphatic carbocycles. The van der Waals surface area contributed by atoms with Crippen molar-refractivity contribution in [1.82, 2.24) is 15.1 Å². The van der Waals surface area contributed by atoms with Crippen molar-refractivity contribution in [1.29, 1.82) is 0 Å². The maximum atomic E-state index is 13.3. The fourth-order valence-electron chi connectivity index (χ4n) is 5.45. The molecule has 1 aromatic carbocycles. The van der Waals surface area contributed by atoms with Gasteiger partial charge in [-0.2, -0.15) is 0 Å². The highest BCUT2D eigenvalue weighted by molar-refractivity contribution is 8.03. The zero-order chi connectivity index (χ0) is 27.0. The van der Waals surface area contributed by atoms with Gasteiger partial charge in [0.15, 0.2) is 0 Å². The fraction of sp³-hybridized carbons (Fsp3) is 0.560. The molecule has 0 spiro atoms. The molecule has 4 rings (SSSR count). The van der Waals surface area contributed by atoms with Crippen LogP contribution < -0.4 is 5.32 Å². The number of rotatable bonds is 9. The van der Waals surface area contributed by atoms with Crippen molar-refractivity contribution in [2.45, 2.75) is 56.7 Å². The third kappa shape index (κ3) is 5.23. The molecule has 37 heavy (non-hydrogen) atoms. The average Bonchev–Trinajstić information content (AvgIpc) is 3.31. The maximum absolute atomic E-state index is 13.3. The number of hydrogen-bond donors (Lipinski definition) is 2. The van der Waals surface area contributed by atoms with Crippen LogP contribution in [0.4, 0.5) is 5.69 Å². The number of likely N-dealkylation sites (tertiary alicyclic amines) is 1. The van der Waals surface area contributed by atoms with Gasteiger partial charge in [-0.15, -0.1) is 11.8 Å². The lowest BCUT2D eigenvalue weighted by atomic mass is 9.79. The van der Waals surface area contributed by atoms with Gasteiger partial charge in [-0.05, 0) is 38.1 Å². The molecule has 3 unspecified atom stereocenters. The molecule has 0 bridgehead atoms. The minimum Gasteiger partial charge on any atom is -0.456 e. The number of carbonyl (C=O) groups excluding carboxylic acids is 3. The van der Waals surface area contributed by atoms with Gasteiger partial charge in [-0.3, -0.25) is 19.7 Å². The van der Waals surface area contributed by atoms with Crippen molar-refractivity contribution in [3.05, 3.63) is 50.5 Å². The van der Waals surface area contributed by atoms with E-state index in [2.05, 4.69) is 10.2 Å². The number of benzene rings is 1. The molecule has 3 heterocycles. The summed E-state index contributed by atoms with van der Waals surface area (Å²) in [5.74, 6) is -1.71. The van der Waals surface area contributed by atoms with Crippen LogP contribution in [0.1, 0.15) is 32.3 Å². The molecule has 0 aromatic heterocycles. The molecule has 2 N–H and O–H groups in total. The van der Waals surface area contributed by atoms with Gasteiger partial charge in [0.25, 0.3) is 5.69 Å². The Bertz CT molecular complexity index is 1120. The van der Waals surface area contributed by atoms with Crippen molar-refractivity contribution >= 4 is 35.2 Å². The normalized spacial score (nSPS) is 28.1. The van der Waals surface area contributed by atoms with Gasteiger partial charge in [0.1, 0.15) is 12.3 Å². The summed E-state index contributed by atoms with van der Waals surface area (Å²) in [7, 11) is 3.59. The molecule has 1 aromatic rings. The number of aliphatic hydroxyl groups is 1. The number of fused-ring (bicyclic) bond motifs is 1. The van der Waals surface area contributed by atoms with Crippen LogP contribution in [0.5, 0.6) is 0 Å². The van der Waals surface area contributed by atoms with Gasteiger partial charge >= 0.3 is 5.97 Å². The van der Waals surface area contributed by atoms with Crippen LogP contribution in [-0.4, -0.2) is 81.7 Å². The van der Waals surface area contributed by atoms with Gasteiger partial charge in [-0.25, -0.2) is 4.79 Å². The summed E-state index contributed by atoms with van der Waals surface area (Å²) in [5, 5.41) is 23.9. The smallest absolute Gasteiger partial charge is 0.356 e. The Morgan fingerprint density at radius 3 is 2.59 bits per heavy atom. The van der Waals surface area contributed by atoms with E-state index >= 15 is 0 Å². The third-order valence-corrected chi connectivity index (χ3v) is 8.96. The topological polar surface area (TPSA) is 142 Å². The minimum absolute atomic E-state index is 0.0269. The van der Waals surface area contributed by atoms with E-state index in [0.717, 1.165) is 17.9 Å². The van der Waals surface area contributed by atoms with Crippen molar-refractivity contribution in [2.75, 3.05) is 20.6 Å². The maximum Gasteiger partial charge on any atom is 0.356 e. The summed E-state index contributed by atoms with van der Waals surface area (Å²) < 4.78 is 5.56. The molecule has 12 heteroatoms. The Hall–Kier alpha value is -2.96. The zero-order valence-corrected chi connectivity index (χ0v) is 22.1. The van der Waals surface area contributed by atoms with Crippen molar-refractivity contribution in [3.63, 3.8) is 0 Å². The SMILES string of the molecule is CNC(=O)CC1CC(SC2=C(C(=O)OCc3ccc([N+](=O)[O-])cc3)N3C(=O)[C@@H](C(C)O)[C@@H]3[C@H]2C)CN1C. The highest BCUT2D eigenvalue weighted by Crippen LogP contribution is 2.52. The van der Waals surface area contributed by atoms with Gasteiger partial charge < -0.3 is 25.0 Å². The summed E-state index contributed by atoms with van der Waals surface area (Å²) >= 11 is 1.55. The van der Waals surface area contributed by atoms with Crippen LogP contribution in [-0.2, 0) is 25.7 Å². The number of nitro groups is 1. The summed E-state index contributed by atoms with van der Waals surface area (Å²) in [6.45, 7) is 4.17. The van der Waals surface area contributed by atoms with Crippen LogP contribution in [0, 0.1) is 22.0 Å². The second-order valence-corrected chi connectivity index (χ2v) is 11.3. The van der Waals surface area contributed by atoms with Crippen LogP contribution in [0.2, 0.25) is 0 Å². The molecule has 2 saturated heterocycles. The predicted octanol–water partition coefficient (Wildman–Crippen LogP) is 1.65. The van der Waals surface area contributed by atoms with Gasteiger partial charge in [0.2, 0.25) is 11.8 Å². The van der Waals surface area contributed by atoms with Crippen LogP contribution in [0.3, 0.4) is 0 Å². The number of amides is 2. The second-order valence-electron chi connectivity index (χ2n) is 9.91. The van der Waals surface area contributed by atoms with Gasteiger partial charge in [0, 0.05) is 54.3 Å². The monoisotopic (exact) mass is 532 g/mol. The van der Waals surface area contributed by atoms with Gasteiger partial charge in [0.05, 0.1) is 23.0 Å². The molecule has 3 aliphatic heterocycles. The molecule has 2 amide bonds. The number of non-ortho nitro benzene ring substituents is 1. The largest absolute Gasteiger partial charge is 0.456 e. The third-order valence-electron chi connectivity index (χ3n) is 7.46. The van der Waals surface area contributed by atoms with E-state index in [1.807, 2.05) is 14.0 Å². The number of hydrogen-bond acceptors (Lipinski definition) is 9.